The molecule has 0 aliphatic heterocycles. The predicted molar refractivity (Wildman–Crippen MR) is 90.3 cm³/mol. The van der Waals surface area contributed by atoms with E-state index in [0.29, 0.717) is 12.6 Å². The number of nitrogens with zero attached hydrogens (tertiary/aromatic N) is 1. The summed E-state index contributed by atoms with van der Waals surface area (Å²) in [6, 6.07) is 4.45. The van der Waals surface area contributed by atoms with E-state index in [4.69, 9.17) is 0 Å². The van der Waals surface area contributed by atoms with Gasteiger partial charge in [0.05, 0.1) is 0 Å². The van der Waals surface area contributed by atoms with E-state index >= 15 is 0 Å². The molecule has 122 valence electrons. The Morgan fingerprint density at radius 3 is 2.73 bits per heavy atom. The molecule has 1 saturated carbocycles. The maximum absolute atomic E-state index is 11.9. The van der Waals surface area contributed by atoms with Crippen molar-refractivity contribution >= 4 is 11.8 Å². The molecule has 5 nitrogen and oxygen atoms in total. The van der Waals surface area contributed by atoms with Crippen LogP contribution in [0.1, 0.15) is 50.3 Å². The van der Waals surface area contributed by atoms with E-state index in [1.165, 1.54) is 24.8 Å². The van der Waals surface area contributed by atoms with E-state index in [1.807, 2.05) is 13.1 Å². The predicted octanol–water partition coefficient (Wildman–Crippen LogP) is 2.86. The summed E-state index contributed by atoms with van der Waals surface area (Å²) in [6.07, 6.45) is 7.68. The van der Waals surface area contributed by atoms with Crippen molar-refractivity contribution in [2.45, 2.75) is 57.9 Å². The first kappa shape index (κ1) is 16.6. The van der Waals surface area contributed by atoms with Gasteiger partial charge >= 0.3 is 6.03 Å². The second kappa shape index (κ2) is 8.61. The molecule has 3 N–H and O–H groups in total. The summed E-state index contributed by atoms with van der Waals surface area (Å²) < 4.78 is 0. The lowest BCUT2D eigenvalue weighted by atomic mass is 9.96. The molecule has 1 aromatic rings. The molecule has 0 aromatic carbocycles. The van der Waals surface area contributed by atoms with Crippen LogP contribution in [0.2, 0.25) is 0 Å². The van der Waals surface area contributed by atoms with Crippen molar-refractivity contribution in [1.82, 2.24) is 15.6 Å². The average Bonchev–Trinajstić information content (AvgIpc) is 2.55. The summed E-state index contributed by atoms with van der Waals surface area (Å²) in [4.78, 5) is 16.5. The normalized spacial score (nSPS) is 15.4. The fourth-order valence-corrected chi connectivity index (χ4v) is 2.96. The first-order valence-electron chi connectivity index (χ1n) is 8.43. The molecule has 2 amide bonds. The monoisotopic (exact) mass is 304 g/mol. The van der Waals surface area contributed by atoms with Gasteiger partial charge in [0.1, 0.15) is 5.82 Å². The zero-order valence-corrected chi connectivity index (χ0v) is 13.7. The van der Waals surface area contributed by atoms with Crippen molar-refractivity contribution < 1.29 is 4.79 Å². The topological polar surface area (TPSA) is 66.0 Å². The van der Waals surface area contributed by atoms with Gasteiger partial charge in [-0.05, 0) is 30.9 Å². The Bertz CT molecular complexity index is 484. The number of amides is 2. The summed E-state index contributed by atoms with van der Waals surface area (Å²) in [5.74, 6) is 0.937. The van der Waals surface area contributed by atoms with Crippen LogP contribution in [0.5, 0.6) is 0 Å². The highest BCUT2D eigenvalue weighted by Gasteiger charge is 2.15. The van der Waals surface area contributed by atoms with Crippen LogP contribution in [0.4, 0.5) is 10.6 Å². The van der Waals surface area contributed by atoms with Crippen LogP contribution in [0, 0.1) is 0 Å². The minimum atomic E-state index is -0.0501. The van der Waals surface area contributed by atoms with E-state index < -0.39 is 0 Å². The number of urea groups is 1. The largest absolute Gasteiger partial charge is 0.373 e. The molecule has 22 heavy (non-hydrogen) atoms. The van der Waals surface area contributed by atoms with Gasteiger partial charge in [-0.25, -0.2) is 9.78 Å². The van der Waals surface area contributed by atoms with Crippen LogP contribution in [0.3, 0.4) is 0 Å². The standard InChI is InChI=1S/C17H28N4O/c1-3-13-9-10-15(20-16(13)18-2)11-12-19-17(22)21-14-7-5-4-6-8-14/h9-10,14H,3-8,11-12H2,1-2H3,(H,18,20)(H2,19,21,22). The lowest BCUT2D eigenvalue weighted by Gasteiger charge is -2.22. The van der Waals surface area contributed by atoms with Crippen molar-refractivity contribution in [2.24, 2.45) is 0 Å². The van der Waals surface area contributed by atoms with Gasteiger partial charge in [-0.1, -0.05) is 32.3 Å². The van der Waals surface area contributed by atoms with Crippen LogP contribution in [0.15, 0.2) is 12.1 Å². The summed E-state index contributed by atoms with van der Waals surface area (Å²) in [5, 5.41) is 9.13. The summed E-state index contributed by atoms with van der Waals surface area (Å²) in [7, 11) is 1.89. The van der Waals surface area contributed by atoms with Gasteiger partial charge in [-0.15, -0.1) is 0 Å². The number of nitrogens with one attached hydrogen (secondary N) is 3. The molecule has 0 spiro atoms. The second-order valence-corrected chi connectivity index (χ2v) is 5.90. The Labute approximate surface area is 133 Å². The second-order valence-electron chi connectivity index (χ2n) is 5.90. The molecular weight excluding hydrogens is 276 g/mol. The van der Waals surface area contributed by atoms with Crippen molar-refractivity contribution in [3.8, 4) is 0 Å². The summed E-state index contributed by atoms with van der Waals surface area (Å²) in [5.41, 5.74) is 2.22. The molecule has 1 aromatic heterocycles. The molecule has 1 aliphatic rings. The molecule has 5 heteroatoms. The smallest absolute Gasteiger partial charge is 0.315 e. The van der Waals surface area contributed by atoms with Gasteiger partial charge in [0.25, 0.3) is 0 Å². The fourth-order valence-electron chi connectivity index (χ4n) is 2.96. The number of pyridine rings is 1. The summed E-state index contributed by atoms with van der Waals surface area (Å²) in [6.45, 7) is 2.73. The number of carbonyl (C=O) groups is 1. The van der Waals surface area contributed by atoms with E-state index in [2.05, 4.69) is 33.9 Å². The van der Waals surface area contributed by atoms with Crippen LogP contribution >= 0.6 is 0 Å². The number of hydrogen-bond donors (Lipinski definition) is 3. The molecule has 0 saturated heterocycles. The van der Waals surface area contributed by atoms with Gasteiger partial charge in [-0.3, -0.25) is 0 Å². The molecular formula is C17H28N4O. The van der Waals surface area contributed by atoms with Crippen molar-refractivity contribution in [2.75, 3.05) is 18.9 Å². The van der Waals surface area contributed by atoms with E-state index in [1.54, 1.807) is 0 Å². The van der Waals surface area contributed by atoms with Crippen LogP contribution in [-0.4, -0.2) is 30.6 Å². The first-order valence-corrected chi connectivity index (χ1v) is 8.43. The van der Waals surface area contributed by atoms with Crippen molar-refractivity contribution in [1.29, 1.82) is 0 Å². The highest BCUT2D eigenvalue weighted by atomic mass is 16.2. The number of anilines is 1. The third kappa shape index (κ3) is 4.90. The quantitative estimate of drug-likeness (QED) is 0.757. The van der Waals surface area contributed by atoms with Gasteiger partial charge in [0.15, 0.2) is 0 Å². The average molecular weight is 304 g/mol. The van der Waals surface area contributed by atoms with E-state index in [9.17, 15) is 4.79 Å². The summed E-state index contributed by atoms with van der Waals surface area (Å²) >= 11 is 0. The van der Waals surface area contributed by atoms with Crippen LogP contribution < -0.4 is 16.0 Å². The lowest BCUT2D eigenvalue weighted by Crippen LogP contribution is -2.43. The molecule has 2 rings (SSSR count). The fraction of sp³-hybridized carbons (Fsp3) is 0.647. The van der Waals surface area contributed by atoms with E-state index in [0.717, 1.165) is 37.2 Å². The Morgan fingerprint density at radius 2 is 2.05 bits per heavy atom. The number of hydrogen-bond acceptors (Lipinski definition) is 3. The van der Waals surface area contributed by atoms with Crippen molar-refractivity contribution in [3.63, 3.8) is 0 Å². The van der Waals surface area contributed by atoms with Gasteiger partial charge in [-0.2, -0.15) is 0 Å². The minimum absolute atomic E-state index is 0.0501. The number of rotatable bonds is 6. The Balaban J connectivity index is 1.74. The molecule has 0 radical (unpaired) electrons. The third-order valence-electron chi connectivity index (χ3n) is 4.26. The maximum atomic E-state index is 11.9. The van der Waals surface area contributed by atoms with Crippen LogP contribution in [0.25, 0.3) is 0 Å². The van der Waals surface area contributed by atoms with Gasteiger partial charge in [0, 0.05) is 31.7 Å². The lowest BCUT2D eigenvalue weighted by molar-refractivity contribution is 0.233. The molecule has 0 unspecified atom stereocenters. The Kier molecular flexibility index (Phi) is 6.49. The highest BCUT2D eigenvalue weighted by Crippen LogP contribution is 2.17. The van der Waals surface area contributed by atoms with Gasteiger partial charge < -0.3 is 16.0 Å². The molecule has 0 atom stereocenters. The molecule has 1 heterocycles. The number of aromatic nitrogens is 1. The molecule has 0 bridgehead atoms. The SMILES string of the molecule is CCc1ccc(CCNC(=O)NC2CCCCC2)nc1NC. The number of carbonyl (C=O) groups excluding carboxylic acids is 1. The van der Waals surface area contributed by atoms with E-state index in [-0.39, 0.29) is 6.03 Å². The van der Waals surface area contributed by atoms with Crippen molar-refractivity contribution in [3.05, 3.63) is 23.4 Å². The maximum Gasteiger partial charge on any atom is 0.315 e. The Hall–Kier alpha value is -1.78. The first-order chi connectivity index (χ1) is 10.7. The zero-order chi connectivity index (χ0) is 15.8. The number of aryl methyl sites for hydroxylation is 1. The third-order valence-corrected chi connectivity index (χ3v) is 4.26. The van der Waals surface area contributed by atoms with Gasteiger partial charge in [0.2, 0.25) is 0 Å². The highest BCUT2D eigenvalue weighted by molar-refractivity contribution is 5.74. The van der Waals surface area contributed by atoms with Crippen LogP contribution in [-0.2, 0) is 12.8 Å². The Morgan fingerprint density at radius 1 is 1.27 bits per heavy atom. The minimum Gasteiger partial charge on any atom is -0.373 e. The zero-order valence-electron chi connectivity index (χ0n) is 13.7. The molecule has 1 fully saturated rings. The molecule has 1 aliphatic carbocycles.